The Morgan fingerprint density at radius 2 is 0.708 bits per heavy atom. The molecule has 2 aromatic heterocycles. The SMILES string of the molecule is CC(C)C[C@H](NC(=O)[C@@H](N)CCCNC(=N)N)C(=O)N[C@@H](Cc1ccccc1)C(=O)N[C@H](C(=O)N[C@@H](Cc1c[nH]c2ccccc12)C(=O)N[C@@H](Cc1c[nH]c2ccccc12)C(=O)N[C@H](C(=O)N[C@@H](Cc1ccccc1)C(=O)N[C@@H](CCCNC(=N)N)C(=O)N[C@@H](CCCNC(=N)N)C(=O)O)C(C)C)C(C)C. The number of benzene rings is 4. The van der Waals surface area contributed by atoms with Gasteiger partial charge in [-0.25, -0.2) is 4.79 Å². The Labute approximate surface area is 616 Å². The molecule has 4 aromatic carbocycles. The van der Waals surface area contributed by atoms with Crippen molar-refractivity contribution in [3.05, 3.63) is 144 Å². The fraction of sp³-hybridized carbons (Fsp3) is 0.446. The number of aromatic nitrogens is 2. The highest BCUT2D eigenvalue weighted by molar-refractivity contribution is 6.00. The number of aliphatic carboxylic acids is 1. The van der Waals surface area contributed by atoms with Crippen molar-refractivity contribution < 1.29 is 53.1 Å². The summed E-state index contributed by atoms with van der Waals surface area (Å²) < 4.78 is 0. The van der Waals surface area contributed by atoms with Gasteiger partial charge < -0.3 is 102 Å². The van der Waals surface area contributed by atoms with Crippen molar-refractivity contribution in [3.63, 3.8) is 0 Å². The lowest BCUT2D eigenvalue weighted by Crippen LogP contribution is -2.62. The van der Waals surface area contributed by atoms with Crippen LogP contribution in [0.5, 0.6) is 0 Å². The fourth-order valence-electron chi connectivity index (χ4n) is 12.0. The second-order valence-corrected chi connectivity index (χ2v) is 27.4. The number of H-pyrrole nitrogens is 2. The monoisotopic (exact) mass is 1460 g/mol. The summed E-state index contributed by atoms with van der Waals surface area (Å²) in [5.41, 5.74) is 26.4. The van der Waals surface area contributed by atoms with Crippen molar-refractivity contribution >= 4 is 98.8 Å². The third kappa shape index (κ3) is 26.9. The quantitative estimate of drug-likeness (QED) is 0.0143. The van der Waals surface area contributed by atoms with E-state index >= 15 is 14.4 Å². The number of hydrogen-bond donors (Lipinski definition) is 22. The molecule has 0 spiro atoms. The van der Waals surface area contributed by atoms with E-state index in [0.29, 0.717) is 46.1 Å². The van der Waals surface area contributed by atoms with Crippen molar-refractivity contribution in [2.24, 2.45) is 40.7 Å². The van der Waals surface area contributed by atoms with E-state index in [4.69, 9.17) is 39.2 Å². The van der Waals surface area contributed by atoms with Gasteiger partial charge in [-0.2, -0.15) is 0 Å². The molecule has 0 fully saturated rings. The molecule has 6 rings (SSSR count). The number of amides is 9. The lowest BCUT2D eigenvalue weighted by molar-refractivity contribution is -0.142. The highest BCUT2D eigenvalue weighted by Crippen LogP contribution is 2.23. The molecule has 0 unspecified atom stereocenters. The highest BCUT2D eigenvalue weighted by atomic mass is 16.4. The number of nitrogens with one attached hydrogen (secondary N) is 17. The Balaban J connectivity index is 1.30. The number of hydrogen-bond acceptors (Lipinski definition) is 14. The van der Waals surface area contributed by atoms with Gasteiger partial charge in [-0.1, -0.05) is 139 Å². The maximum absolute atomic E-state index is 15.5. The Morgan fingerprint density at radius 1 is 0.387 bits per heavy atom. The molecule has 0 radical (unpaired) electrons. The summed E-state index contributed by atoms with van der Waals surface area (Å²) in [6.45, 7) is 10.9. The molecule has 2 heterocycles. The van der Waals surface area contributed by atoms with E-state index in [1.807, 2.05) is 56.3 Å². The molecule has 9 amide bonds. The summed E-state index contributed by atoms with van der Waals surface area (Å²) in [5.74, 6) is -10.8. The Hall–Kier alpha value is -11.6. The van der Waals surface area contributed by atoms with Crippen molar-refractivity contribution in [1.29, 1.82) is 16.2 Å². The van der Waals surface area contributed by atoms with Crippen molar-refractivity contribution in [2.75, 3.05) is 19.6 Å². The number of carboxylic acid groups (broad SMARTS) is 1. The molecule has 10 atom stereocenters. The largest absolute Gasteiger partial charge is 0.480 e. The van der Waals surface area contributed by atoms with Crippen LogP contribution < -0.4 is 86.7 Å². The number of para-hydroxylation sites is 2. The van der Waals surface area contributed by atoms with E-state index in [2.05, 4.69) is 73.8 Å². The molecule has 32 heteroatoms. The van der Waals surface area contributed by atoms with E-state index in [-0.39, 0.29) is 101 Å². The fourth-order valence-corrected chi connectivity index (χ4v) is 12.0. The van der Waals surface area contributed by atoms with E-state index in [1.165, 1.54) is 0 Å². The zero-order valence-electron chi connectivity index (χ0n) is 60.8. The van der Waals surface area contributed by atoms with Gasteiger partial charge in [0.25, 0.3) is 0 Å². The average molecular weight is 1460 g/mol. The molecule has 0 aliphatic carbocycles. The maximum Gasteiger partial charge on any atom is 0.326 e. The third-order valence-corrected chi connectivity index (χ3v) is 17.7. The second kappa shape index (κ2) is 41.7. The van der Waals surface area contributed by atoms with Crippen LogP contribution in [0.4, 0.5) is 0 Å². The van der Waals surface area contributed by atoms with Crippen LogP contribution in [0, 0.1) is 34.0 Å². The van der Waals surface area contributed by atoms with Crippen molar-refractivity contribution in [2.45, 2.75) is 173 Å². The third-order valence-electron chi connectivity index (χ3n) is 17.7. The molecule has 0 aliphatic rings. The summed E-state index contributed by atoms with van der Waals surface area (Å²) in [4.78, 5) is 151. The number of carboxylic acids is 1. The summed E-state index contributed by atoms with van der Waals surface area (Å²) >= 11 is 0. The predicted octanol–water partition coefficient (Wildman–Crippen LogP) is 0.843. The molecular formula is C74H105N21O11. The van der Waals surface area contributed by atoms with Crippen LogP contribution in [0.25, 0.3) is 21.8 Å². The lowest BCUT2D eigenvalue weighted by Gasteiger charge is -2.30. The van der Waals surface area contributed by atoms with Crippen LogP contribution in [0.1, 0.15) is 109 Å². The summed E-state index contributed by atoms with van der Waals surface area (Å²) in [7, 11) is 0. The van der Waals surface area contributed by atoms with Gasteiger partial charge in [0.15, 0.2) is 17.9 Å². The first-order chi connectivity index (χ1) is 50.5. The van der Waals surface area contributed by atoms with Crippen LogP contribution in [0.15, 0.2) is 122 Å². The van der Waals surface area contributed by atoms with Crippen LogP contribution >= 0.6 is 0 Å². The maximum atomic E-state index is 15.5. The number of aromatic amines is 2. The van der Waals surface area contributed by atoms with E-state index in [0.717, 1.165) is 10.9 Å². The molecule has 0 saturated carbocycles. The summed E-state index contributed by atoms with van der Waals surface area (Å²) in [5, 5.41) is 67.0. The molecule has 0 saturated heterocycles. The number of nitrogens with two attached hydrogens (primary N) is 4. The summed E-state index contributed by atoms with van der Waals surface area (Å²) in [6.07, 6.45) is 3.84. The number of fused-ring (bicyclic) bond motifs is 2. The normalized spacial score (nSPS) is 14.1. The van der Waals surface area contributed by atoms with Crippen molar-refractivity contribution in [3.8, 4) is 0 Å². The van der Waals surface area contributed by atoms with Crippen LogP contribution in [-0.4, -0.2) is 172 Å². The highest BCUT2D eigenvalue weighted by Gasteiger charge is 2.38. The molecule has 26 N–H and O–H groups in total. The van der Waals surface area contributed by atoms with Crippen LogP contribution in [0.3, 0.4) is 0 Å². The van der Waals surface area contributed by atoms with Gasteiger partial charge >= 0.3 is 5.97 Å². The lowest BCUT2D eigenvalue weighted by atomic mass is 9.98. The zero-order valence-corrected chi connectivity index (χ0v) is 60.8. The number of rotatable bonds is 43. The second-order valence-electron chi connectivity index (χ2n) is 27.4. The first kappa shape index (κ1) is 83.4. The van der Waals surface area contributed by atoms with Gasteiger partial charge in [0, 0.05) is 79.5 Å². The van der Waals surface area contributed by atoms with Gasteiger partial charge in [-0.05, 0) is 97.1 Å². The standard InChI is InChI=1S/C74H105N21O11/c1-41(2)34-55(89-62(96)50(75)26-17-31-82-72(76)77)64(98)90-57(36-45-22-11-8-12-23-45)67(101)94-61(43(5)6)70(104)93-58(37-46-39-85-51-27-15-13-24-48(46)51)66(100)91-59(38-47-40-86-52-28-16-14-25-49(47)52)68(102)95-60(42(3)4)69(103)92-56(35-44-20-9-7-10-21-44)65(99)87-53(29-18-32-83-73(78)79)63(97)88-54(71(105)106)30-19-33-84-74(80)81/h7-16,20-25,27-28,39-43,50,53-61,85-86H,17-19,26,29-38,75H2,1-6H3,(H,87,99)(H,88,97)(H,89,96)(H,90,98)(H,91,100)(H,92,103)(H,93,104)(H,94,101)(H,95,102)(H,105,106)(H4,76,77,82)(H4,78,79,83)(H4,80,81,84)/t50-,53-,54-,55-,56-,57-,58-,59-,60-,61-/m0/s1. The van der Waals surface area contributed by atoms with E-state index in [1.54, 1.807) is 107 Å². The molecule has 572 valence electrons. The Bertz CT molecular complexity index is 3980. The number of carbonyl (C=O) groups is 10. The van der Waals surface area contributed by atoms with E-state index in [9.17, 15) is 38.7 Å². The minimum absolute atomic E-state index is 0.0447. The molecule has 0 aliphatic heterocycles. The minimum atomic E-state index is -1.48. The topological polar surface area (TPSA) is 542 Å². The molecule has 106 heavy (non-hydrogen) atoms. The Kier molecular flexibility index (Phi) is 32.8. The van der Waals surface area contributed by atoms with Crippen molar-refractivity contribution in [1.82, 2.24) is 73.8 Å². The first-order valence-corrected chi connectivity index (χ1v) is 35.6. The molecule has 6 aromatic rings. The van der Waals surface area contributed by atoms with Gasteiger partial charge in [0.1, 0.15) is 54.4 Å². The summed E-state index contributed by atoms with van der Waals surface area (Å²) in [6, 6.07) is 18.6. The average Bonchev–Trinajstić information content (AvgIpc) is 1.83. The Morgan fingerprint density at radius 3 is 1.10 bits per heavy atom. The van der Waals surface area contributed by atoms with Gasteiger partial charge in [-0.15, -0.1) is 0 Å². The van der Waals surface area contributed by atoms with Gasteiger partial charge in [0.2, 0.25) is 53.2 Å². The molecule has 32 nitrogen and oxygen atoms in total. The molecule has 0 bridgehead atoms. The van der Waals surface area contributed by atoms with Crippen LogP contribution in [-0.2, 0) is 73.6 Å². The first-order valence-electron chi connectivity index (χ1n) is 35.6. The van der Waals surface area contributed by atoms with E-state index < -0.39 is 131 Å². The number of guanidine groups is 3. The van der Waals surface area contributed by atoms with Crippen LogP contribution in [0.2, 0.25) is 0 Å². The smallest absolute Gasteiger partial charge is 0.326 e. The zero-order chi connectivity index (χ0) is 77.6. The minimum Gasteiger partial charge on any atom is -0.480 e. The molecular weight excluding hydrogens is 1360 g/mol. The predicted molar refractivity (Wildman–Crippen MR) is 404 cm³/mol. The number of carbonyl (C=O) groups excluding carboxylic acids is 9. The van der Waals surface area contributed by atoms with Gasteiger partial charge in [-0.3, -0.25) is 59.4 Å². The van der Waals surface area contributed by atoms with Gasteiger partial charge in [0.05, 0.1) is 6.04 Å².